The first-order valence-corrected chi connectivity index (χ1v) is 2.85. The van der Waals surface area contributed by atoms with Gasteiger partial charge >= 0.3 is 5.97 Å². The summed E-state index contributed by atoms with van der Waals surface area (Å²) in [6.45, 7) is 1.19. The first kappa shape index (κ1) is 4.99. The van der Waals surface area contributed by atoms with E-state index in [9.17, 15) is 4.79 Å². The van der Waals surface area contributed by atoms with Crippen molar-refractivity contribution in [3.63, 3.8) is 0 Å². The maximum atomic E-state index is 10.4. The Morgan fingerprint density at radius 3 is 2.89 bits per heavy atom. The number of esters is 1. The Kier molecular flexibility index (Phi) is 0.873. The highest BCUT2D eigenvalue weighted by Crippen LogP contribution is 2.22. The quantitative estimate of drug-likeness (QED) is 0.363. The second-order valence-electron chi connectivity index (χ2n) is 2.15. The van der Waals surface area contributed by atoms with Crippen LogP contribution in [-0.2, 0) is 14.3 Å². The number of carbonyl (C=O) groups excluding carboxylic acids is 1. The molecule has 0 aromatic heterocycles. The summed E-state index contributed by atoms with van der Waals surface area (Å²) in [5.74, 6) is -0.236. The highest BCUT2D eigenvalue weighted by atomic mass is 16.6. The SMILES string of the molecule is O=C1C=C(C2CO2)CO1. The van der Waals surface area contributed by atoms with Gasteiger partial charge in [-0.05, 0) is 0 Å². The number of cyclic esters (lactones) is 1. The first-order chi connectivity index (χ1) is 4.36. The van der Waals surface area contributed by atoms with Gasteiger partial charge in [-0.25, -0.2) is 4.79 Å². The number of rotatable bonds is 1. The fourth-order valence-electron chi connectivity index (χ4n) is 0.837. The van der Waals surface area contributed by atoms with Crippen LogP contribution >= 0.6 is 0 Å². The van der Waals surface area contributed by atoms with Crippen molar-refractivity contribution in [1.29, 1.82) is 0 Å². The maximum Gasteiger partial charge on any atom is 0.331 e. The van der Waals surface area contributed by atoms with Gasteiger partial charge in [0.1, 0.15) is 12.7 Å². The van der Waals surface area contributed by atoms with E-state index < -0.39 is 0 Å². The molecule has 9 heavy (non-hydrogen) atoms. The minimum Gasteiger partial charge on any atom is -0.458 e. The molecule has 2 aliphatic heterocycles. The highest BCUT2D eigenvalue weighted by molar-refractivity contribution is 5.85. The van der Waals surface area contributed by atoms with Crippen molar-refractivity contribution in [2.75, 3.05) is 13.2 Å². The van der Waals surface area contributed by atoms with E-state index in [-0.39, 0.29) is 12.1 Å². The molecule has 0 radical (unpaired) electrons. The molecule has 0 bridgehead atoms. The van der Waals surface area contributed by atoms with Gasteiger partial charge in [-0.1, -0.05) is 0 Å². The monoisotopic (exact) mass is 126 g/mol. The minimum absolute atomic E-state index is 0.191. The van der Waals surface area contributed by atoms with Crippen molar-refractivity contribution in [3.8, 4) is 0 Å². The molecule has 2 rings (SSSR count). The molecule has 1 fully saturated rings. The number of hydrogen-bond acceptors (Lipinski definition) is 3. The summed E-state index contributed by atoms with van der Waals surface area (Å²) in [5.41, 5.74) is 0.986. The Morgan fingerprint density at radius 1 is 1.67 bits per heavy atom. The van der Waals surface area contributed by atoms with Crippen LogP contribution in [0.3, 0.4) is 0 Å². The average molecular weight is 126 g/mol. The third kappa shape index (κ3) is 0.833. The van der Waals surface area contributed by atoms with E-state index in [0.29, 0.717) is 6.61 Å². The Hall–Kier alpha value is -0.830. The number of epoxide rings is 1. The van der Waals surface area contributed by atoms with E-state index in [1.165, 1.54) is 6.08 Å². The van der Waals surface area contributed by atoms with Gasteiger partial charge < -0.3 is 9.47 Å². The molecule has 3 heteroatoms. The predicted molar refractivity (Wildman–Crippen MR) is 28.8 cm³/mol. The molecule has 0 aliphatic carbocycles. The number of ether oxygens (including phenoxy) is 2. The summed E-state index contributed by atoms with van der Waals surface area (Å²) in [6, 6.07) is 0. The third-order valence-electron chi connectivity index (χ3n) is 1.43. The number of hydrogen-bond donors (Lipinski definition) is 0. The van der Waals surface area contributed by atoms with Crippen molar-refractivity contribution < 1.29 is 14.3 Å². The summed E-state index contributed by atoms with van der Waals surface area (Å²) < 4.78 is 9.60. The van der Waals surface area contributed by atoms with E-state index >= 15 is 0 Å². The first-order valence-electron chi connectivity index (χ1n) is 2.85. The van der Waals surface area contributed by atoms with Gasteiger partial charge in [-0.3, -0.25) is 0 Å². The lowest BCUT2D eigenvalue weighted by molar-refractivity contribution is -0.134. The topological polar surface area (TPSA) is 38.8 Å². The van der Waals surface area contributed by atoms with Crippen molar-refractivity contribution in [2.45, 2.75) is 6.10 Å². The van der Waals surface area contributed by atoms with Gasteiger partial charge in [0.15, 0.2) is 0 Å². The lowest BCUT2D eigenvalue weighted by Gasteiger charge is -1.89. The lowest BCUT2D eigenvalue weighted by Crippen LogP contribution is -1.95. The molecule has 0 saturated carbocycles. The van der Waals surface area contributed by atoms with Crippen LogP contribution in [0.4, 0.5) is 0 Å². The van der Waals surface area contributed by atoms with Crippen LogP contribution in [-0.4, -0.2) is 25.3 Å². The standard InChI is InChI=1S/C6H6O3/c7-6-1-4(2-9-6)5-3-8-5/h1,5H,2-3H2. The Balaban J connectivity index is 2.11. The Labute approximate surface area is 52.3 Å². The molecule has 48 valence electrons. The van der Waals surface area contributed by atoms with E-state index in [4.69, 9.17) is 4.74 Å². The zero-order chi connectivity index (χ0) is 6.27. The predicted octanol–water partition coefficient (Wildman–Crippen LogP) is -0.132. The molecule has 2 heterocycles. The molecular weight excluding hydrogens is 120 g/mol. The van der Waals surface area contributed by atoms with Crippen LogP contribution < -0.4 is 0 Å². The van der Waals surface area contributed by atoms with E-state index in [2.05, 4.69) is 4.74 Å². The van der Waals surface area contributed by atoms with Gasteiger partial charge in [0.05, 0.1) is 6.61 Å². The molecule has 0 aromatic rings. The molecule has 0 spiro atoms. The van der Waals surface area contributed by atoms with Crippen molar-refractivity contribution in [1.82, 2.24) is 0 Å². The normalized spacial score (nSPS) is 31.8. The summed E-state index contributed by atoms with van der Waals surface area (Å²) in [7, 11) is 0. The zero-order valence-electron chi connectivity index (χ0n) is 4.79. The Bertz CT molecular complexity index is 179. The van der Waals surface area contributed by atoms with Gasteiger partial charge in [-0.2, -0.15) is 0 Å². The molecule has 0 amide bonds. The molecule has 1 atom stereocenters. The van der Waals surface area contributed by atoms with E-state index in [1.807, 2.05) is 0 Å². The highest BCUT2D eigenvalue weighted by Gasteiger charge is 2.31. The summed E-state index contributed by atoms with van der Waals surface area (Å²) in [5, 5.41) is 0. The second-order valence-corrected chi connectivity index (χ2v) is 2.15. The van der Waals surface area contributed by atoms with Crippen molar-refractivity contribution in [3.05, 3.63) is 11.6 Å². The molecule has 1 unspecified atom stereocenters. The van der Waals surface area contributed by atoms with Gasteiger partial charge in [0.25, 0.3) is 0 Å². The van der Waals surface area contributed by atoms with Gasteiger partial charge in [0, 0.05) is 11.6 Å². The van der Waals surface area contributed by atoms with Crippen LogP contribution in [0.2, 0.25) is 0 Å². The molecular formula is C6H6O3. The van der Waals surface area contributed by atoms with Crippen LogP contribution in [0.15, 0.2) is 11.6 Å². The van der Waals surface area contributed by atoms with Gasteiger partial charge in [-0.15, -0.1) is 0 Å². The zero-order valence-corrected chi connectivity index (χ0v) is 4.79. The summed E-state index contributed by atoms with van der Waals surface area (Å²) in [4.78, 5) is 10.4. The van der Waals surface area contributed by atoms with Crippen LogP contribution in [0, 0.1) is 0 Å². The smallest absolute Gasteiger partial charge is 0.331 e. The molecule has 1 saturated heterocycles. The average Bonchev–Trinajstić information content (AvgIpc) is 2.58. The summed E-state index contributed by atoms with van der Waals surface area (Å²) >= 11 is 0. The van der Waals surface area contributed by atoms with Crippen LogP contribution in [0.1, 0.15) is 0 Å². The van der Waals surface area contributed by atoms with E-state index in [0.717, 1.165) is 12.2 Å². The van der Waals surface area contributed by atoms with Crippen LogP contribution in [0.5, 0.6) is 0 Å². The molecule has 0 N–H and O–H groups in total. The minimum atomic E-state index is -0.236. The fraction of sp³-hybridized carbons (Fsp3) is 0.500. The maximum absolute atomic E-state index is 10.4. The summed E-state index contributed by atoms with van der Waals surface area (Å²) in [6.07, 6.45) is 1.70. The largest absolute Gasteiger partial charge is 0.458 e. The van der Waals surface area contributed by atoms with E-state index in [1.54, 1.807) is 0 Å². The third-order valence-corrected chi connectivity index (χ3v) is 1.43. The van der Waals surface area contributed by atoms with Crippen molar-refractivity contribution in [2.24, 2.45) is 0 Å². The molecule has 3 nitrogen and oxygen atoms in total. The second kappa shape index (κ2) is 1.57. The fourth-order valence-corrected chi connectivity index (χ4v) is 0.837. The number of carbonyl (C=O) groups is 1. The molecule has 2 aliphatic rings. The van der Waals surface area contributed by atoms with Gasteiger partial charge in [0.2, 0.25) is 0 Å². The molecule has 0 aromatic carbocycles. The lowest BCUT2D eigenvalue weighted by atomic mass is 10.2. The van der Waals surface area contributed by atoms with Crippen molar-refractivity contribution >= 4 is 5.97 Å². The van der Waals surface area contributed by atoms with Crippen LogP contribution in [0.25, 0.3) is 0 Å². The Morgan fingerprint density at radius 2 is 2.44 bits per heavy atom.